The highest BCUT2D eigenvalue weighted by molar-refractivity contribution is 9.10. The van der Waals surface area contributed by atoms with Crippen LogP contribution in [-0.4, -0.2) is 41.3 Å². The van der Waals surface area contributed by atoms with Gasteiger partial charge in [0.2, 0.25) is 5.91 Å². The van der Waals surface area contributed by atoms with Crippen LogP contribution < -0.4 is 4.90 Å². The van der Waals surface area contributed by atoms with Gasteiger partial charge in [-0.2, -0.15) is 0 Å². The molecule has 0 N–H and O–H groups in total. The molecule has 1 aliphatic carbocycles. The maximum Gasteiger partial charge on any atom is 0.250 e. The number of hydrogen-bond acceptors (Lipinski definition) is 3. The van der Waals surface area contributed by atoms with Crippen LogP contribution in [-0.2, 0) is 9.59 Å². The lowest BCUT2D eigenvalue weighted by Gasteiger charge is -2.31. The molecule has 2 amide bonds. The number of nitrogens with zero attached hydrogens (tertiary/aromatic N) is 3. The van der Waals surface area contributed by atoms with Crippen LogP contribution in [0.1, 0.15) is 44.9 Å². The Labute approximate surface area is 151 Å². The molecule has 5 nitrogen and oxygen atoms in total. The molecule has 1 saturated carbocycles. The third kappa shape index (κ3) is 3.63. The van der Waals surface area contributed by atoms with Crippen LogP contribution in [0.25, 0.3) is 0 Å². The van der Waals surface area contributed by atoms with Crippen LogP contribution in [0.4, 0.5) is 5.82 Å². The molecule has 2 heterocycles. The fraction of sp³-hybridized carbons (Fsp3) is 0.611. The van der Waals surface area contributed by atoms with E-state index in [0.29, 0.717) is 12.4 Å². The highest BCUT2D eigenvalue weighted by Gasteiger charge is 2.38. The molecule has 3 rings (SSSR count). The van der Waals surface area contributed by atoms with Gasteiger partial charge in [0.1, 0.15) is 11.9 Å². The Hall–Kier alpha value is -1.43. The Balaban J connectivity index is 1.70. The summed E-state index contributed by atoms with van der Waals surface area (Å²) in [6, 6.07) is 3.34. The van der Waals surface area contributed by atoms with Crippen molar-refractivity contribution < 1.29 is 9.59 Å². The fourth-order valence-corrected chi connectivity index (χ4v) is 4.01. The van der Waals surface area contributed by atoms with Gasteiger partial charge in [-0.05, 0) is 53.7 Å². The number of halogens is 1. The number of pyridine rings is 1. The predicted octanol–water partition coefficient (Wildman–Crippen LogP) is 3.38. The lowest BCUT2D eigenvalue weighted by Crippen LogP contribution is -2.48. The van der Waals surface area contributed by atoms with Crippen molar-refractivity contribution in [2.24, 2.45) is 5.92 Å². The first-order valence-corrected chi connectivity index (χ1v) is 9.57. The largest absolute Gasteiger partial charge is 0.330 e. The first kappa shape index (κ1) is 17.4. The molecule has 1 unspecified atom stereocenters. The van der Waals surface area contributed by atoms with Gasteiger partial charge in [-0.15, -0.1) is 0 Å². The highest BCUT2D eigenvalue weighted by atomic mass is 79.9. The molecule has 6 heteroatoms. The summed E-state index contributed by atoms with van der Waals surface area (Å²) in [6.45, 7) is 0.702. The van der Waals surface area contributed by atoms with E-state index >= 15 is 0 Å². The molecule has 0 spiro atoms. The molecule has 1 aliphatic heterocycles. The van der Waals surface area contributed by atoms with Crippen molar-refractivity contribution in [3.05, 3.63) is 22.8 Å². The molecule has 1 aromatic rings. The summed E-state index contributed by atoms with van der Waals surface area (Å²) in [5.74, 6) is 0.873. The molecule has 1 atom stereocenters. The Morgan fingerprint density at radius 3 is 2.58 bits per heavy atom. The Morgan fingerprint density at radius 2 is 1.92 bits per heavy atom. The summed E-state index contributed by atoms with van der Waals surface area (Å²) in [5, 5.41) is 0. The number of carbonyl (C=O) groups excluding carboxylic acids is 2. The molecule has 0 bridgehead atoms. The van der Waals surface area contributed by atoms with Crippen molar-refractivity contribution in [3.8, 4) is 0 Å². The van der Waals surface area contributed by atoms with E-state index in [2.05, 4.69) is 20.9 Å². The van der Waals surface area contributed by atoms with Gasteiger partial charge in [0.05, 0.1) is 0 Å². The predicted molar refractivity (Wildman–Crippen MR) is 96.7 cm³/mol. The molecule has 24 heavy (non-hydrogen) atoms. The van der Waals surface area contributed by atoms with Gasteiger partial charge >= 0.3 is 0 Å². The minimum Gasteiger partial charge on any atom is -0.330 e. The zero-order valence-corrected chi connectivity index (χ0v) is 15.7. The molecule has 1 aromatic heterocycles. The second-order valence-electron chi connectivity index (χ2n) is 6.76. The van der Waals surface area contributed by atoms with Gasteiger partial charge < -0.3 is 4.90 Å². The Kier molecular flexibility index (Phi) is 5.54. The first-order valence-electron chi connectivity index (χ1n) is 8.77. The van der Waals surface area contributed by atoms with Gasteiger partial charge in [-0.25, -0.2) is 4.98 Å². The molecule has 1 saturated heterocycles. The zero-order valence-electron chi connectivity index (χ0n) is 14.1. The van der Waals surface area contributed by atoms with Crippen molar-refractivity contribution in [3.63, 3.8) is 0 Å². The third-order valence-corrected chi connectivity index (χ3v) is 5.63. The number of aromatic nitrogens is 1. The normalized spacial score (nSPS) is 21.8. The molecule has 130 valence electrons. The lowest BCUT2D eigenvalue weighted by atomic mass is 9.88. The number of anilines is 1. The second-order valence-corrected chi connectivity index (χ2v) is 7.67. The van der Waals surface area contributed by atoms with Crippen molar-refractivity contribution >= 4 is 33.6 Å². The Morgan fingerprint density at radius 1 is 1.17 bits per heavy atom. The van der Waals surface area contributed by atoms with E-state index in [-0.39, 0.29) is 23.8 Å². The van der Waals surface area contributed by atoms with E-state index in [9.17, 15) is 9.59 Å². The standard InChI is InChI=1S/C18H24BrN3O2/c1-21(16-10-9-14(19)12-20-16)18(24)15-8-5-11-22(15)17(23)13-6-3-2-4-7-13/h9-10,12-13,15H,2-8,11H2,1H3. The van der Waals surface area contributed by atoms with E-state index in [0.717, 1.165) is 43.0 Å². The third-order valence-electron chi connectivity index (χ3n) is 5.16. The van der Waals surface area contributed by atoms with E-state index in [1.54, 1.807) is 18.1 Å². The maximum atomic E-state index is 12.9. The molecule has 2 aliphatic rings. The van der Waals surface area contributed by atoms with Gasteiger partial charge in [-0.3, -0.25) is 14.5 Å². The average molecular weight is 394 g/mol. The van der Waals surface area contributed by atoms with Gasteiger partial charge in [0, 0.05) is 30.2 Å². The van der Waals surface area contributed by atoms with Crippen molar-refractivity contribution in [2.45, 2.75) is 51.0 Å². The minimum absolute atomic E-state index is 0.0357. The van der Waals surface area contributed by atoms with Crippen LogP contribution in [0.5, 0.6) is 0 Å². The SMILES string of the molecule is CN(C(=O)C1CCCN1C(=O)C1CCCCC1)c1ccc(Br)cn1. The summed E-state index contributed by atoms with van der Waals surface area (Å²) < 4.78 is 0.877. The van der Waals surface area contributed by atoms with Crippen LogP contribution >= 0.6 is 15.9 Å². The number of carbonyl (C=O) groups is 2. The molecular weight excluding hydrogens is 370 g/mol. The van der Waals surface area contributed by atoms with Crippen LogP contribution in [0, 0.1) is 5.92 Å². The van der Waals surface area contributed by atoms with Gasteiger partial charge in [0.15, 0.2) is 0 Å². The van der Waals surface area contributed by atoms with Crippen molar-refractivity contribution in [1.82, 2.24) is 9.88 Å². The average Bonchev–Trinajstić information content (AvgIpc) is 3.11. The van der Waals surface area contributed by atoms with Crippen LogP contribution in [0.3, 0.4) is 0 Å². The number of hydrogen-bond donors (Lipinski definition) is 0. The molecular formula is C18H24BrN3O2. The maximum absolute atomic E-state index is 12.9. The first-order chi connectivity index (χ1) is 11.6. The summed E-state index contributed by atoms with van der Waals surface area (Å²) in [4.78, 5) is 33.4. The van der Waals surface area contributed by atoms with Gasteiger partial charge in [0.25, 0.3) is 5.91 Å². The van der Waals surface area contributed by atoms with E-state index in [1.165, 1.54) is 6.42 Å². The van der Waals surface area contributed by atoms with E-state index in [1.807, 2.05) is 17.0 Å². The smallest absolute Gasteiger partial charge is 0.250 e. The monoisotopic (exact) mass is 393 g/mol. The number of likely N-dealkylation sites (tertiary alicyclic amines) is 1. The summed E-state index contributed by atoms with van der Waals surface area (Å²) in [5.41, 5.74) is 0. The topological polar surface area (TPSA) is 53.5 Å². The van der Waals surface area contributed by atoms with E-state index in [4.69, 9.17) is 0 Å². The van der Waals surface area contributed by atoms with E-state index < -0.39 is 0 Å². The summed E-state index contributed by atoms with van der Waals surface area (Å²) >= 11 is 3.35. The van der Waals surface area contributed by atoms with Crippen molar-refractivity contribution in [1.29, 1.82) is 0 Å². The number of rotatable bonds is 3. The summed E-state index contributed by atoms with van der Waals surface area (Å²) in [7, 11) is 1.74. The quantitative estimate of drug-likeness (QED) is 0.790. The number of amides is 2. The molecule has 2 fully saturated rings. The Bertz CT molecular complexity index is 599. The second kappa shape index (κ2) is 7.64. The zero-order chi connectivity index (χ0) is 17.1. The van der Waals surface area contributed by atoms with Gasteiger partial charge in [-0.1, -0.05) is 19.3 Å². The fourth-order valence-electron chi connectivity index (χ4n) is 3.77. The van der Waals surface area contributed by atoms with Crippen molar-refractivity contribution in [2.75, 3.05) is 18.5 Å². The lowest BCUT2D eigenvalue weighted by molar-refractivity contribution is -0.141. The molecule has 0 radical (unpaired) electrons. The van der Waals surface area contributed by atoms with Crippen LogP contribution in [0.15, 0.2) is 22.8 Å². The van der Waals surface area contributed by atoms with Crippen LogP contribution in [0.2, 0.25) is 0 Å². The number of likely N-dealkylation sites (N-methyl/N-ethyl adjacent to an activating group) is 1. The summed E-state index contributed by atoms with van der Waals surface area (Å²) in [6.07, 6.45) is 8.76. The molecule has 0 aromatic carbocycles. The minimum atomic E-state index is -0.338. The highest BCUT2D eigenvalue weighted by Crippen LogP contribution is 2.29.